The van der Waals surface area contributed by atoms with Gasteiger partial charge in [-0.1, -0.05) is 0 Å². The van der Waals surface area contributed by atoms with E-state index in [1.165, 1.54) is 30.4 Å². The van der Waals surface area contributed by atoms with E-state index in [2.05, 4.69) is 36.7 Å². The van der Waals surface area contributed by atoms with Crippen LogP contribution in [-0.4, -0.2) is 57.3 Å². The van der Waals surface area contributed by atoms with Crippen LogP contribution in [0, 0.1) is 6.92 Å². The van der Waals surface area contributed by atoms with E-state index in [-0.39, 0.29) is 6.03 Å². The van der Waals surface area contributed by atoms with E-state index >= 15 is 0 Å². The van der Waals surface area contributed by atoms with Crippen LogP contribution in [-0.2, 0) is 6.42 Å². The summed E-state index contributed by atoms with van der Waals surface area (Å²) >= 11 is 0. The fourth-order valence-corrected chi connectivity index (χ4v) is 5.03. The van der Waals surface area contributed by atoms with Crippen molar-refractivity contribution in [2.75, 3.05) is 34.8 Å². The van der Waals surface area contributed by atoms with Gasteiger partial charge in [-0.05, 0) is 43.9 Å². The Morgan fingerprint density at radius 3 is 2.90 bits per heavy atom. The first kappa shape index (κ1) is 17.6. The summed E-state index contributed by atoms with van der Waals surface area (Å²) in [4.78, 5) is 26.1. The Hall–Kier alpha value is -3.20. The highest BCUT2D eigenvalue weighted by molar-refractivity contribution is 6.03. The Morgan fingerprint density at radius 1 is 1.23 bits per heavy atom. The van der Waals surface area contributed by atoms with E-state index in [0.29, 0.717) is 18.6 Å². The molecular formula is C21H24N8O. The van der Waals surface area contributed by atoms with Crippen LogP contribution in [0.2, 0.25) is 0 Å². The Labute approximate surface area is 174 Å². The van der Waals surface area contributed by atoms with Gasteiger partial charge in [0.2, 0.25) is 0 Å². The van der Waals surface area contributed by atoms with Crippen LogP contribution in [0.15, 0.2) is 30.9 Å². The summed E-state index contributed by atoms with van der Waals surface area (Å²) < 4.78 is 1.66. The van der Waals surface area contributed by atoms with Crippen LogP contribution in [0.1, 0.15) is 24.0 Å². The number of amides is 2. The minimum atomic E-state index is -0.165. The van der Waals surface area contributed by atoms with E-state index in [0.717, 1.165) is 42.2 Å². The average molecular weight is 404 g/mol. The van der Waals surface area contributed by atoms with Gasteiger partial charge in [-0.15, -0.1) is 0 Å². The first-order chi connectivity index (χ1) is 14.7. The molecule has 3 aliphatic rings. The first-order valence-corrected chi connectivity index (χ1v) is 10.5. The van der Waals surface area contributed by atoms with Crippen molar-refractivity contribution in [3.05, 3.63) is 42.0 Å². The molecule has 3 aromatic rings. The van der Waals surface area contributed by atoms with Crippen molar-refractivity contribution in [2.45, 2.75) is 38.3 Å². The molecule has 2 N–H and O–H groups in total. The van der Waals surface area contributed by atoms with E-state index in [4.69, 9.17) is 0 Å². The van der Waals surface area contributed by atoms with E-state index in [1.807, 2.05) is 19.2 Å². The van der Waals surface area contributed by atoms with Crippen LogP contribution in [0.3, 0.4) is 0 Å². The highest BCUT2D eigenvalue weighted by atomic mass is 16.2. The number of urea groups is 1. The SMILES string of the molecule is Cc1cc2ncnn2cc1NC(=O)N1CCc2c(N3CC4CCC(C3)N4)ccnc21. The maximum absolute atomic E-state index is 13.1. The molecule has 30 heavy (non-hydrogen) atoms. The summed E-state index contributed by atoms with van der Waals surface area (Å²) in [5.41, 5.74) is 4.84. The zero-order valence-electron chi connectivity index (χ0n) is 16.9. The largest absolute Gasteiger partial charge is 0.368 e. The predicted molar refractivity (Wildman–Crippen MR) is 114 cm³/mol. The molecule has 2 saturated heterocycles. The number of piperazine rings is 1. The number of rotatable bonds is 2. The van der Waals surface area contributed by atoms with Gasteiger partial charge in [-0.2, -0.15) is 5.10 Å². The Bertz CT molecular complexity index is 1130. The Morgan fingerprint density at radius 2 is 2.07 bits per heavy atom. The number of hydrogen-bond acceptors (Lipinski definition) is 6. The molecule has 2 atom stereocenters. The molecule has 154 valence electrons. The lowest BCUT2D eigenvalue weighted by molar-refractivity contribution is 0.257. The summed E-state index contributed by atoms with van der Waals surface area (Å²) in [5.74, 6) is 0.773. The molecule has 6 rings (SSSR count). The zero-order valence-corrected chi connectivity index (χ0v) is 16.9. The van der Waals surface area contributed by atoms with E-state index in [9.17, 15) is 4.79 Å². The number of carbonyl (C=O) groups is 1. The number of hydrogen-bond donors (Lipinski definition) is 2. The van der Waals surface area contributed by atoms with Gasteiger partial charge in [0, 0.05) is 49.2 Å². The van der Waals surface area contributed by atoms with E-state index < -0.39 is 0 Å². The van der Waals surface area contributed by atoms with Crippen molar-refractivity contribution in [1.82, 2.24) is 24.9 Å². The monoisotopic (exact) mass is 404 g/mol. The molecule has 0 spiro atoms. The van der Waals surface area contributed by atoms with Crippen LogP contribution in [0.4, 0.5) is 22.0 Å². The fourth-order valence-electron chi connectivity index (χ4n) is 5.03. The van der Waals surface area contributed by atoms with Crippen LogP contribution in [0.25, 0.3) is 5.65 Å². The van der Waals surface area contributed by atoms with Crippen molar-refractivity contribution >= 4 is 28.9 Å². The predicted octanol–water partition coefficient (Wildman–Crippen LogP) is 1.97. The van der Waals surface area contributed by atoms with Crippen molar-refractivity contribution < 1.29 is 4.79 Å². The molecule has 3 aromatic heterocycles. The highest BCUT2D eigenvalue weighted by Crippen LogP contribution is 2.36. The van der Waals surface area contributed by atoms with Crippen molar-refractivity contribution in [3.8, 4) is 0 Å². The quantitative estimate of drug-likeness (QED) is 0.679. The topological polar surface area (TPSA) is 90.7 Å². The molecule has 9 nitrogen and oxygen atoms in total. The summed E-state index contributed by atoms with van der Waals surface area (Å²) in [5, 5.41) is 10.9. The minimum absolute atomic E-state index is 0.165. The summed E-state index contributed by atoms with van der Waals surface area (Å²) in [6.07, 6.45) is 8.46. The fraction of sp³-hybridized carbons (Fsp3) is 0.429. The lowest BCUT2D eigenvalue weighted by Crippen LogP contribution is -2.51. The normalized spacial score (nSPS) is 22.6. The minimum Gasteiger partial charge on any atom is -0.368 e. The molecule has 0 aliphatic carbocycles. The first-order valence-electron chi connectivity index (χ1n) is 10.5. The molecule has 9 heteroatoms. The van der Waals surface area contributed by atoms with Gasteiger partial charge in [0.25, 0.3) is 0 Å². The molecule has 6 heterocycles. The van der Waals surface area contributed by atoms with Crippen molar-refractivity contribution in [2.24, 2.45) is 0 Å². The molecule has 2 amide bonds. The van der Waals surface area contributed by atoms with Gasteiger partial charge in [-0.3, -0.25) is 4.90 Å². The maximum atomic E-state index is 13.1. The van der Waals surface area contributed by atoms with Gasteiger partial charge >= 0.3 is 6.03 Å². The lowest BCUT2D eigenvalue weighted by Gasteiger charge is -2.35. The van der Waals surface area contributed by atoms with Gasteiger partial charge in [-0.25, -0.2) is 19.3 Å². The third kappa shape index (κ3) is 2.80. The second-order valence-electron chi connectivity index (χ2n) is 8.44. The molecule has 0 aromatic carbocycles. The number of aromatic nitrogens is 4. The van der Waals surface area contributed by atoms with Crippen molar-refractivity contribution in [1.29, 1.82) is 0 Å². The molecule has 2 bridgehead atoms. The Kier molecular flexibility index (Phi) is 3.92. The number of nitrogens with zero attached hydrogens (tertiary/aromatic N) is 6. The average Bonchev–Trinajstić information content (AvgIpc) is 3.46. The van der Waals surface area contributed by atoms with Crippen molar-refractivity contribution in [3.63, 3.8) is 0 Å². The molecule has 2 unspecified atom stereocenters. The smallest absolute Gasteiger partial charge is 0.327 e. The second-order valence-corrected chi connectivity index (χ2v) is 8.44. The second kappa shape index (κ2) is 6.66. The standard InChI is InChI=1S/C21H24N8O/c1-13-8-19-23-12-24-29(19)11-17(13)26-21(30)28-7-5-16-18(4-6-22-20(16)28)27-9-14-2-3-15(10-27)25-14/h4,6,8,11-12,14-15,25H,2-3,5,7,9-10H2,1H3,(H,26,30). The molecular weight excluding hydrogens is 380 g/mol. The summed E-state index contributed by atoms with van der Waals surface area (Å²) in [7, 11) is 0. The summed E-state index contributed by atoms with van der Waals surface area (Å²) in [6, 6.07) is 5.00. The third-order valence-electron chi connectivity index (χ3n) is 6.52. The van der Waals surface area contributed by atoms with Crippen LogP contribution >= 0.6 is 0 Å². The maximum Gasteiger partial charge on any atom is 0.327 e. The zero-order chi connectivity index (χ0) is 20.2. The van der Waals surface area contributed by atoms with Gasteiger partial charge in [0.1, 0.15) is 12.1 Å². The van der Waals surface area contributed by atoms with Crippen LogP contribution in [0.5, 0.6) is 0 Å². The van der Waals surface area contributed by atoms with Crippen LogP contribution < -0.4 is 20.4 Å². The molecule has 2 fully saturated rings. The van der Waals surface area contributed by atoms with Gasteiger partial charge in [0.15, 0.2) is 5.65 Å². The molecule has 0 radical (unpaired) electrons. The van der Waals surface area contributed by atoms with Gasteiger partial charge in [0.05, 0.1) is 11.9 Å². The Balaban J connectivity index is 1.26. The number of anilines is 3. The number of aryl methyl sites for hydroxylation is 1. The lowest BCUT2D eigenvalue weighted by atomic mass is 10.1. The highest BCUT2D eigenvalue weighted by Gasteiger charge is 2.35. The van der Waals surface area contributed by atoms with Gasteiger partial charge < -0.3 is 15.5 Å². The third-order valence-corrected chi connectivity index (χ3v) is 6.52. The summed E-state index contributed by atoms with van der Waals surface area (Å²) in [6.45, 7) is 4.64. The molecule has 3 aliphatic heterocycles. The number of nitrogens with one attached hydrogen (secondary N) is 2. The molecule has 0 saturated carbocycles. The number of pyridine rings is 2. The van der Waals surface area contributed by atoms with E-state index in [1.54, 1.807) is 15.6 Å². The number of fused-ring (bicyclic) bond motifs is 4. The number of carbonyl (C=O) groups excluding carboxylic acids is 1.